The van der Waals surface area contributed by atoms with E-state index in [9.17, 15) is 38.4 Å². The summed E-state index contributed by atoms with van der Waals surface area (Å²) in [6, 6.07) is 21.6. The molecule has 9 amide bonds. The normalized spacial score (nSPS) is 11.8. The summed E-state index contributed by atoms with van der Waals surface area (Å²) < 4.78 is 6.71. The van der Waals surface area contributed by atoms with Gasteiger partial charge in [0.2, 0.25) is 23.6 Å². The van der Waals surface area contributed by atoms with Crippen LogP contribution in [0.25, 0.3) is 23.1 Å². The Hall–Kier alpha value is -8.27. The number of primary amides is 2. The summed E-state index contributed by atoms with van der Waals surface area (Å²) in [5, 5.41) is 21.3. The van der Waals surface area contributed by atoms with Gasteiger partial charge < -0.3 is 53.0 Å². The van der Waals surface area contributed by atoms with E-state index in [4.69, 9.17) is 16.2 Å². The van der Waals surface area contributed by atoms with Crippen LogP contribution in [-0.2, 0) is 30.5 Å². The maximum atomic E-state index is 14.0. The van der Waals surface area contributed by atoms with Gasteiger partial charge in [-0.2, -0.15) is 9.78 Å². The molecule has 0 saturated heterocycles. The molecular formula is C50H60N12O9S. The lowest BCUT2D eigenvalue weighted by Gasteiger charge is -2.25. The van der Waals surface area contributed by atoms with Gasteiger partial charge in [0, 0.05) is 73.6 Å². The number of carbonyl (C=O) groups is 8. The van der Waals surface area contributed by atoms with E-state index in [1.165, 1.54) is 21.3 Å². The first kappa shape index (κ1) is 54.7. The smallest absolute Gasteiger partial charge is 0.407 e. The summed E-state index contributed by atoms with van der Waals surface area (Å²) in [6.07, 6.45) is 5.15. The molecule has 380 valence electrons. The number of likely N-dealkylation sites (N-methyl/N-ethyl adjacent to an activating group) is 1. The molecule has 1 unspecified atom stereocenters. The zero-order chi connectivity index (χ0) is 52.2. The van der Waals surface area contributed by atoms with Gasteiger partial charge in [-0.1, -0.05) is 55.9 Å². The van der Waals surface area contributed by atoms with Crippen molar-refractivity contribution in [2.45, 2.75) is 74.4 Å². The number of alkyl carbamates (subject to hydrolysis) is 1. The molecule has 22 heteroatoms. The number of nitrogens with two attached hydrogens (primary N) is 2. The molecule has 0 aliphatic rings. The summed E-state index contributed by atoms with van der Waals surface area (Å²) >= 11 is 1.38. The molecule has 72 heavy (non-hydrogen) atoms. The Bertz CT molecular complexity index is 2750. The number of pyridine rings is 1. The van der Waals surface area contributed by atoms with Gasteiger partial charge in [0.15, 0.2) is 0 Å². The lowest BCUT2D eigenvalue weighted by molar-refractivity contribution is -0.132. The first-order valence-electron chi connectivity index (χ1n) is 23.1. The van der Waals surface area contributed by atoms with Crippen LogP contribution >= 0.6 is 11.8 Å². The topological polar surface area (TPSA) is 304 Å². The second-order valence-electron chi connectivity index (χ2n) is 16.7. The second kappa shape index (κ2) is 27.2. The first-order valence-corrected chi connectivity index (χ1v) is 23.9. The highest BCUT2D eigenvalue weighted by Crippen LogP contribution is 2.34. The number of nitrogens with one attached hydrogen (secondary N) is 6. The van der Waals surface area contributed by atoms with Crippen molar-refractivity contribution in [2.75, 3.05) is 39.0 Å². The van der Waals surface area contributed by atoms with Gasteiger partial charge in [0.25, 0.3) is 5.91 Å². The van der Waals surface area contributed by atoms with Gasteiger partial charge in [0.05, 0.1) is 22.5 Å². The highest BCUT2D eigenvalue weighted by atomic mass is 32.2. The van der Waals surface area contributed by atoms with E-state index in [1.807, 2.05) is 48.5 Å². The third-order valence-electron chi connectivity index (χ3n) is 10.9. The largest absolute Gasteiger partial charge is 0.445 e. The molecule has 0 saturated carbocycles. The number of urea groups is 1. The number of anilines is 1. The van der Waals surface area contributed by atoms with Crippen LogP contribution in [-0.4, -0.2) is 113 Å². The molecule has 21 nitrogen and oxygen atoms in total. The molecule has 0 spiro atoms. The Balaban J connectivity index is 1.17. The number of hydrogen-bond acceptors (Lipinski definition) is 12. The minimum absolute atomic E-state index is 0.0172. The maximum Gasteiger partial charge on any atom is 0.407 e. The Morgan fingerprint density at radius 3 is 2.28 bits per heavy atom. The van der Waals surface area contributed by atoms with Crippen LogP contribution in [0.4, 0.5) is 20.1 Å². The number of aromatic nitrogens is 3. The highest BCUT2D eigenvalue weighted by Gasteiger charge is 2.29. The van der Waals surface area contributed by atoms with Crippen molar-refractivity contribution < 1.29 is 43.1 Å². The number of hydrogen-bond donors (Lipinski definition) is 8. The van der Waals surface area contributed by atoms with Crippen LogP contribution in [0.1, 0.15) is 73.3 Å². The van der Waals surface area contributed by atoms with Gasteiger partial charge in [-0.25, -0.2) is 14.4 Å². The first-order chi connectivity index (χ1) is 34.5. The number of carbonyl (C=O) groups excluding carboxylic acids is 8. The Labute approximate surface area is 420 Å². The van der Waals surface area contributed by atoms with Crippen molar-refractivity contribution in [1.82, 2.24) is 46.2 Å². The summed E-state index contributed by atoms with van der Waals surface area (Å²) in [5.74, 6) is -2.73. The van der Waals surface area contributed by atoms with E-state index in [-0.39, 0.29) is 70.2 Å². The second-order valence-corrected chi connectivity index (χ2v) is 17.9. The molecule has 0 fully saturated rings. The SMILES string of the molecule is CNC(=O)c1ccccc1Sc1ccc2c(/C=C/c3ccccn3)nn(C(=O)N(C)CCNC(=O)OCc3ccc(NC(=O)[C@H](CCCNC(N)=O)NC(=O)C(NC(=O)CCCC(N)=O)C(C)C)cc3)c2c1. The number of fused-ring (bicyclic) bond motifs is 1. The van der Waals surface area contributed by atoms with E-state index in [2.05, 4.69) is 42.0 Å². The van der Waals surface area contributed by atoms with E-state index < -0.39 is 53.9 Å². The number of amides is 9. The minimum atomic E-state index is -1.07. The van der Waals surface area contributed by atoms with Gasteiger partial charge in [-0.05, 0) is 97.5 Å². The molecule has 2 heterocycles. The molecule has 0 aliphatic heterocycles. The van der Waals surface area contributed by atoms with Crippen LogP contribution in [0.5, 0.6) is 0 Å². The number of nitrogens with zero attached hydrogens (tertiary/aromatic N) is 4. The molecule has 0 radical (unpaired) electrons. The number of benzene rings is 3. The Morgan fingerprint density at radius 1 is 0.833 bits per heavy atom. The van der Waals surface area contributed by atoms with Crippen LogP contribution in [0.3, 0.4) is 0 Å². The zero-order valence-electron chi connectivity index (χ0n) is 40.4. The predicted octanol–water partition coefficient (Wildman–Crippen LogP) is 4.61. The molecule has 5 rings (SSSR count). The summed E-state index contributed by atoms with van der Waals surface area (Å²) in [5.41, 5.74) is 13.6. The van der Waals surface area contributed by atoms with Gasteiger partial charge in [0.1, 0.15) is 18.7 Å². The summed E-state index contributed by atoms with van der Waals surface area (Å²) in [4.78, 5) is 108. The van der Waals surface area contributed by atoms with Crippen molar-refractivity contribution in [3.8, 4) is 0 Å². The molecule has 3 aromatic carbocycles. The van der Waals surface area contributed by atoms with Crippen molar-refractivity contribution >= 4 is 88.2 Å². The average Bonchev–Trinajstić information content (AvgIpc) is 3.72. The van der Waals surface area contributed by atoms with E-state index >= 15 is 0 Å². The van der Waals surface area contributed by atoms with E-state index in [0.29, 0.717) is 39.1 Å². The highest BCUT2D eigenvalue weighted by molar-refractivity contribution is 7.99. The average molecular weight is 1010 g/mol. The van der Waals surface area contributed by atoms with Crippen LogP contribution in [0.2, 0.25) is 0 Å². The third-order valence-corrected chi connectivity index (χ3v) is 11.9. The third kappa shape index (κ3) is 16.7. The Morgan fingerprint density at radius 2 is 1.58 bits per heavy atom. The summed E-state index contributed by atoms with van der Waals surface area (Å²) in [6.45, 7) is 3.64. The van der Waals surface area contributed by atoms with Crippen molar-refractivity contribution in [3.63, 3.8) is 0 Å². The lowest BCUT2D eigenvalue weighted by Crippen LogP contribution is -2.54. The zero-order valence-corrected chi connectivity index (χ0v) is 41.3. The van der Waals surface area contributed by atoms with Gasteiger partial charge >= 0.3 is 18.2 Å². The molecular weight excluding hydrogens is 945 g/mol. The van der Waals surface area contributed by atoms with Gasteiger partial charge in [-0.3, -0.25) is 29.0 Å². The van der Waals surface area contributed by atoms with Crippen LogP contribution in [0, 0.1) is 5.92 Å². The van der Waals surface area contributed by atoms with E-state index in [1.54, 1.807) is 82.7 Å². The molecule has 2 atom stereocenters. The molecule has 10 N–H and O–H groups in total. The van der Waals surface area contributed by atoms with Crippen LogP contribution < -0.4 is 43.4 Å². The predicted molar refractivity (Wildman–Crippen MR) is 272 cm³/mol. The molecule has 2 aromatic heterocycles. The van der Waals surface area contributed by atoms with Crippen molar-refractivity contribution in [3.05, 3.63) is 114 Å². The molecule has 0 aliphatic carbocycles. The van der Waals surface area contributed by atoms with Crippen molar-refractivity contribution in [2.24, 2.45) is 17.4 Å². The van der Waals surface area contributed by atoms with Crippen molar-refractivity contribution in [1.29, 1.82) is 0 Å². The minimum Gasteiger partial charge on any atom is -0.445 e. The fourth-order valence-electron chi connectivity index (χ4n) is 7.04. The fraction of sp³-hybridized carbons (Fsp3) is 0.320. The standard InChI is InChI=1S/C50H60N12O9S/c1-31(2)44(59-43(64)16-9-15-42(51)63)47(67)58-39(13-10-26-55-48(52)68)46(66)57-34-19-17-32(18-20-34)30-71-49(69)56-27-28-61(4)50(70)62-40-29-35(72-41-14-6-5-12-37(41)45(65)53-3)22-23-36(40)38(60-62)24-21-33-11-7-8-25-54-33/h5-8,11-12,14,17-25,29,31,39,44H,9-10,13,15-16,26-28,30H2,1-4H3,(H2,51,63)(H,53,65)(H,56,69)(H,57,66)(H,58,67)(H,59,64)(H3,52,55,68)/b24-21+/t39-,44?/m0/s1. The fourth-order valence-corrected chi connectivity index (χ4v) is 8.02. The maximum absolute atomic E-state index is 14.0. The van der Waals surface area contributed by atoms with Crippen LogP contribution in [0.15, 0.2) is 101 Å². The molecule has 0 bridgehead atoms. The quantitative estimate of drug-likeness (QED) is 0.0393. The Kier molecular flexibility index (Phi) is 20.7. The number of rotatable bonds is 24. The monoisotopic (exact) mass is 1000 g/mol. The molecule has 5 aromatic rings. The van der Waals surface area contributed by atoms with E-state index in [0.717, 1.165) is 9.79 Å². The lowest BCUT2D eigenvalue weighted by atomic mass is 10.0. The van der Waals surface area contributed by atoms with Gasteiger partial charge in [-0.15, -0.1) is 0 Å². The number of ether oxygens (including phenoxy) is 1. The summed E-state index contributed by atoms with van der Waals surface area (Å²) in [7, 11) is 3.16.